The van der Waals surface area contributed by atoms with Gasteiger partial charge in [0.25, 0.3) is 0 Å². The van der Waals surface area contributed by atoms with Gasteiger partial charge in [-0.2, -0.15) is 0 Å². The lowest BCUT2D eigenvalue weighted by atomic mass is 10.1. The van der Waals surface area contributed by atoms with Crippen LogP contribution in [0, 0.1) is 0 Å². The summed E-state index contributed by atoms with van der Waals surface area (Å²) in [4.78, 5) is 0. The molecule has 1 aromatic carbocycles. The standard InChI is InChI=1S/C11H13Cl2NOS/c1-7-5-16(15)6-11(14-7)8-2-3-9(12)10(13)4-8/h2-4,7,11,14H,5-6H2,1H3. The Labute approximate surface area is 108 Å². The van der Waals surface area contributed by atoms with Gasteiger partial charge in [-0.25, -0.2) is 0 Å². The van der Waals surface area contributed by atoms with E-state index in [0.29, 0.717) is 15.8 Å². The van der Waals surface area contributed by atoms with E-state index < -0.39 is 10.8 Å². The number of halogens is 2. The molecule has 3 unspecified atom stereocenters. The van der Waals surface area contributed by atoms with E-state index in [4.69, 9.17) is 23.2 Å². The SMILES string of the molecule is CC1CS(=O)CC(c2ccc(Cl)c(Cl)c2)N1. The van der Waals surface area contributed by atoms with Gasteiger partial charge in [-0.05, 0) is 24.6 Å². The van der Waals surface area contributed by atoms with Crippen molar-refractivity contribution >= 4 is 34.0 Å². The molecule has 16 heavy (non-hydrogen) atoms. The van der Waals surface area contributed by atoms with Gasteiger partial charge in [0.1, 0.15) is 0 Å². The molecule has 1 aromatic rings. The smallest absolute Gasteiger partial charge is 0.0595 e. The Balaban J connectivity index is 2.23. The van der Waals surface area contributed by atoms with E-state index in [0.717, 1.165) is 11.3 Å². The molecule has 1 heterocycles. The minimum absolute atomic E-state index is 0.111. The van der Waals surface area contributed by atoms with Gasteiger partial charge in [0.2, 0.25) is 0 Å². The molecule has 3 atom stereocenters. The summed E-state index contributed by atoms with van der Waals surface area (Å²) >= 11 is 11.8. The normalized spacial score (nSPS) is 30.3. The Morgan fingerprint density at radius 1 is 1.31 bits per heavy atom. The highest BCUT2D eigenvalue weighted by atomic mass is 35.5. The molecule has 0 aliphatic carbocycles. The first kappa shape index (κ1) is 12.4. The summed E-state index contributed by atoms with van der Waals surface area (Å²) in [6.45, 7) is 2.04. The number of hydrogen-bond donors (Lipinski definition) is 1. The molecule has 5 heteroatoms. The number of nitrogens with one attached hydrogen (secondary N) is 1. The van der Waals surface area contributed by atoms with E-state index >= 15 is 0 Å². The summed E-state index contributed by atoms with van der Waals surface area (Å²) in [7, 11) is -0.751. The quantitative estimate of drug-likeness (QED) is 0.855. The van der Waals surface area contributed by atoms with Gasteiger partial charge in [-0.15, -0.1) is 0 Å². The molecule has 0 bridgehead atoms. The van der Waals surface area contributed by atoms with Crippen LogP contribution in [-0.2, 0) is 10.8 Å². The lowest BCUT2D eigenvalue weighted by molar-refractivity contribution is 0.490. The molecule has 0 radical (unpaired) electrons. The fourth-order valence-electron chi connectivity index (χ4n) is 1.89. The van der Waals surface area contributed by atoms with Crippen molar-refractivity contribution in [2.45, 2.75) is 19.0 Å². The fourth-order valence-corrected chi connectivity index (χ4v) is 3.65. The van der Waals surface area contributed by atoms with E-state index in [9.17, 15) is 4.21 Å². The highest BCUT2D eigenvalue weighted by Crippen LogP contribution is 2.27. The van der Waals surface area contributed by atoms with Crippen LogP contribution in [0.2, 0.25) is 10.0 Å². The summed E-state index contributed by atoms with van der Waals surface area (Å²) < 4.78 is 11.6. The summed E-state index contributed by atoms with van der Waals surface area (Å²) in [5.74, 6) is 1.36. The van der Waals surface area contributed by atoms with Crippen LogP contribution in [0.5, 0.6) is 0 Å². The van der Waals surface area contributed by atoms with E-state index in [-0.39, 0.29) is 12.1 Å². The van der Waals surface area contributed by atoms with Crippen LogP contribution >= 0.6 is 23.2 Å². The first-order valence-corrected chi connectivity index (χ1v) is 7.36. The summed E-state index contributed by atoms with van der Waals surface area (Å²) in [6.07, 6.45) is 0. The second kappa shape index (κ2) is 5.05. The number of rotatable bonds is 1. The minimum atomic E-state index is -0.751. The topological polar surface area (TPSA) is 29.1 Å². The Hall–Kier alpha value is -0.0900. The van der Waals surface area contributed by atoms with Gasteiger partial charge in [-0.3, -0.25) is 4.21 Å². The molecule has 1 aliphatic rings. The van der Waals surface area contributed by atoms with Gasteiger partial charge in [0.15, 0.2) is 0 Å². The summed E-state index contributed by atoms with van der Waals surface area (Å²) in [5, 5.41) is 4.51. The lowest BCUT2D eigenvalue weighted by Crippen LogP contribution is -2.43. The Morgan fingerprint density at radius 3 is 2.69 bits per heavy atom. The number of hydrogen-bond acceptors (Lipinski definition) is 2. The molecular weight excluding hydrogens is 265 g/mol. The van der Waals surface area contributed by atoms with Crippen molar-refractivity contribution in [3.8, 4) is 0 Å². The Kier molecular flexibility index (Phi) is 3.90. The first-order chi connectivity index (χ1) is 7.56. The highest BCUT2D eigenvalue weighted by molar-refractivity contribution is 7.85. The highest BCUT2D eigenvalue weighted by Gasteiger charge is 2.24. The average Bonchev–Trinajstić information content (AvgIpc) is 2.20. The van der Waals surface area contributed by atoms with Gasteiger partial charge >= 0.3 is 0 Å². The van der Waals surface area contributed by atoms with E-state index in [1.807, 2.05) is 19.1 Å². The predicted molar refractivity (Wildman–Crippen MR) is 69.7 cm³/mol. The van der Waals surface area contributed by atoms with Gasteiger partial charge < -0.3 is 5.32 Å². The Morgan fingerprint density at radius 2 is 2.06 bits per heavy atom. The monoisotopic (exact) mass is 277 g/mol. The third-order valence-electron chi connectivity index (χ3n) is 2.62. The molecule has 0 saturated carbocycles. The van der Waals surface area contributed by atoms with E-state index in [2.05, 4.69) is 5.32 Å². The van der Waals surface area contributed by atoms with Gasteiger partial charge in [0, 0.05) is 34.4 Å². The summed E-state index contributed by atoms with van der Waals surface area (Å²) in [5.41, 5.74) is 1.05. The summed E-state index contributed by atoms with van der Waals surface area (Å²) in [6, 6.07) is 5.94. The van der Waals surface area contributed by atoms with Crippen LogP contribution in [-0.4, -0.2) is 21.8 Å². The van der Waals surface area contributed by atoms with Crippen LogP contribution < -0.4 is 5.32 Å². The van der Waals surface area contributed by atoms with Crippen molar-refractivity contribution in [2.75, 3.05) is 11.5 Å². The van der Waals surface area contributed by atoms with Crippen LogP contribution in [0.1, 0.15) is 18.5 Å². The van der Waals surface area contributed by atoms with Crippen molar-refractivity contribution in [2.24, 2.45) is 0 Å². The molecule has 0 amide bonds. The molecule has 1 aliphatic heterocycles. The largest absolute Gasteiger partial charge is 0.306 e. The zero-order valence-electron chi connectivity index (χ0n) is 8.87. The molecular formula is C11H13Cl2NOS. The second-order valence-electron chi connectivity index (χ2n) is 4.07. The molecule has 88 valence electrons. The van der Waals surface area contributed by atoms with Crippen LogP contribution in [0.3, 0.4) is 0 Å². The van der Waals surface area contributed by atoms with Crippen molar-refractivity contribution in [3.05, 3.63) is 33.8 Å². The first-order valence-electron chi connectivity index (χ1n) is 5.12. The molecule has 0 spiro atoms. The van der Waals surface area contributed by atoms with Gasteiger partial charge in [0.05, 0.1) is 10.0 Å². The lowest BCUT2D eigenvalue weighted by Gasteiger charge is -2.28. The van der Waals surface area contributed by atoms with Crippen LogP contribution in [0.4, 0.5) is 0 Å². The van der Waals surface area contributed by atoms with E-state index in [1.165, 1.54) is 0 Å². The predicted octanol–water partition coefficient (Wildman–Crippen LogP) is 2.77. The van der Waals surface area contributed by atoms with E-state index in [1.54, 1.807) is 6.07 Å². The second-order valence-corrected chi connectivity index (χ2v) is 6.43. The zero-order valence-corrected chi connectivity index (χ0v) is 11.2. The molecule has 1 N–H and O–H groups in total. The van der Waals surface area contributed by atoms with Crippen LogP contribution in [0.15, 0.2) is 18.2 Å². The fraction of sp³-hybridized carbons (Fsp3) is 0.455. The zero-order chi connectivity index (χ0) is 11.7. The van der Waals surface area contributed by atoms with Crippen molar-refractivity contribution < 1.29 is 4.21 Å². The average molecular weight is 278 g/mol. The third kappa shape index (κ3) is 2.77. The molecule has 2 nitrogen and oxygen atoms in total. The van der Waals surface area contributed by atoms with Crippen LogP contribution in [0.25, 0.3) is 0 Å². The maximum Gasteiger partial charge on any atom is 0.0595 e. The van der Waals surface area contributed by atoms with Gasteiger partial charge in [-0.1, -0.05) is 29.3 Å². The van der Waals surface area contributed by atoms with Crippen molar-refractivity contribution in [1.29, 1.82) is 0 Å². The molecule has 2 rings (SSSR count). The molecule has 1 fully saturated rings. The van der Waals surface area contributed by atoms with Crippen molar-refractivity contribution in [1.82, 2.24) is 5.32 Å². The maximum atomic E-state index is 11.6. The molecule has 0 aromatic heterocycles. The van der Waals surface area contributed by atoms with Crippen molar-refractivity contribution in [3.63, 3.8) is 0 Å². The Bertz CT molecular complexity index is 424. The molecule has 1 saturated heterocycles. The maximum absolute atomic E-state index is 11.6. The third-order valence-corrected chi connectivity index (χ3v) is 4.94. The number of benzene rings is 1. The minimum Gasteiger partial charge on any atom is -0.306 e.